The first kappa shape index (κ1) is 32.2. The predicted octanol–water partition coefficient (Wildman–Crippen LogP) is 9.21. The molecule has 0 aliphatic heterocycles. The van der Waals surface area contributed by atoms with E-state index in [0.717, 1.165) is 60.3 Å². The van der Waals surface area contributed by atoms with E-state index in [1.807, 2.05) is 12.1 Å². The van der Waals surface area contributed by atoms with E-state index >= 15 is 0 Å². The minimum atomic E-state index is -0.190. The first-order valence-electron chi connectivity index (χ1n) is 17.2. The largest absolute Gasteiger partial charge is 0.493 e. The number of ether oxygens (including phenoxy) is 4. The van der Waals surface area contributed by atoms with Gasteiger partial charge in [0, 0.05) is 6.42 Å². The average Bonchev–Trinajstić information content (AvgIpc) is 3.33. The predicted molar refractivity (Wildman–Crippen MR) is 173 cm³/mol. The van der Waals surface area contributed by atoms with Gasteiger partial charge in [-0.25, -0.2) is 0 Å². The summed E-state index contributed by atoms with van der Waals surface area (Å²) in [6.07, 6.45) is 16.7. The second-order valence-electron chi connectivity index (χ2n) is 15.4. The number of methoxy groups -OCH3 is 3. The summed E-state index contributed by atoms with van der Waals surface area (Å²) < 4.78 is 22.5. The number of carbonyl (C=O) groups excluding carboxylic acids is 1. The Morgan fingerprint density at radius 1 is 0.907 bits per heavy atom. The van der Waals surface area contributed by atoms with Crippen LogP contribution in [0.5, 0.6) is 17.2 Å². The molecule has 1 aromatic rings. The summed E-state index contributed by atoms with van der Waals surface area (Å²) in [7, 11) is 4.77. The number of carbonyl (C=O) groups is 1. The molecule has 8 atom stereocenters. The summed E-state index contributed by atoms with van der Waals surface area (Å²) in [4.78, 5) is 13.1. The van der Waals surface area contributed by atoms with Crippen molar-refractivity contribution in [2.75, 3.05) is 21.3 Å². The lowest BCUT2D eigenvalue weighted by atomic mass is 9.47. The highest BCUT2D eigenvalue weighted by atomic mass is 16.5. The van der Waals surface area contributed by atoms with Gasteiger partial charge in [-0.05, 0) is 109 Å². The van der Waals surface area contributed by atoms with Gasteiger partial charge in [-0.2, -0.15) is 0 Å². The SMILES string of the molecule is COc1cc(CC(=O)O[C@H]2CC[C@@]3(C)C(=CC[C@H]4[C@@H]5CC[C@H]([C@H](C)CCCC(C)C)[C@@]5(C)CC[C@@H]43)C2)cc(OC)c1OC. The Hall–Kier alpha value is -2.17. The summed E-state index contributed by atoms with van der Waals surface area (Å²) in [6.45, 7) is 12.5. The number of esters is 1. The van der Waals surface area contributed by atoms with Crippen LogP contribution >= 0.6 is 0 Å². The topological polar surface area (TPSA) is 54.0 Å². The zero-order valence-corrected chi connectivity index (χ0v) is 28.3. The van der Waals surface area contributed by atoms with Gasteiger partial charge in [-0.15, -0.1) is 0 Å². The molecule has 5 heteroatoms. The van der Waals surface area contributed by atoms with Crippen molar-refractivity contribution in [3.05, 3.63) is 29.3 Å². The van der Waals surface area contributed by atoms with Crippen molar-refractivity contribution in [2.24, 2.45) is 46.3 Å². The molecule has 0 saturated heterocycles. The summed E-state index contributed by atoms with van der Waals surface area (Å²) in [6, 6.07) is 3.67. The summed E-state index contributed by atoms with van der Waals surface area (Å²) in [5, 5.41) is 0. The van der Waals surface area contributed by atoms with Crippen molar-refractivity contribution in [3.63, 3.8) is 0 Å². The third-order valence-corrected chi connectivity index (χ3v) is 12.6. The molecule has 5 nitrogen and oxygen atoms in total. The van der Waals surface area contributed by atoms with Crippen LogP contribution < -0.4 is 14.2 Å². The molecule has 5 rings (SSSR count). The van der Waals surface area contributed by atoms with E-state index in [-0.39, 0.29) is 23.9 Å². The first-order valence-corrected chi connectivity index (χ1v) is 17.2. The molecule has 0 heterocycles. The van der Waals surface area contributed by atoms with Gasteiger partial charge < -0.3 is 18.9 Å². The monoisotopic (exact) mass is 594 g/mol. The summed E-state index contributed by atoms with van der Waals surface area (Å²) in [5.41, 5.74) is 3.13. The lowest BCUT2D eigenvalue weighted by Gasteiger charge is -2.58. The van der Waals surface area contributed by atoms with Gasteiger partial charge in [-0.3, -0.25) is 4.79 Å². The van der Waals surface area contributed by atoms with Crippen LogP contribution in [0.15, 0.2) is 23.8 Å². The Balaban J connectivity index is 1.22. The fourth-order valence-electron chi connectivity index (χ4n) is 10.4. The highest BCUT2D eigenvalue weighted by molar-refractivity contribution is 5.74. The van der Waals surface area contributed by atoms with Gasteiger partial charge >= 0.3 is 5.97 Å². The second-order valence-corrected chi connectivity index (χ2v) is 15.4. The van der Waals surface area contributed by atoms with E-state index < -0.39 is 0 Å². The Morgan fingerprint density at radius 2 is 1.63 bits per heavy atom. The van der Waals surface area contributed by atoms with Crippen molar-refractivity contribution in [2.45, 2.75) is 118 Å². The third kappa shape index (κ3) is 6.21. The van der Waals surface area contributed by atoms with Gasteiger partial charge in [-0.1, -0.05) is 65.5 Å². The van der Waals surface area contributed by atoms with Crippen LogP contribution in [0.3, 0.4) is 0 Å². The maximum absolute atomic E-state index is 13.1. The molecule has 0 aromatic heterocycles. The molecule has 43 heavy (non-hydrogen) atoms. The van der Waals surface area contributed by atoms with Crippen LogP contribution in [0.4, 0.5) is 0 Å². The van der Waals surface area contributed by atoms with Crippen LogP contribution in [-0.2, 0) is 16.0 Å². The highest BCUT2D eigenvalue weighted by Gasteiger charge is 2.59. The van der Waals surface area contributed by atoms with E-state index in [4.69, 9.17) is 18.9 Å². The quantitative estimate of drug-likeness (QED) is 0.189. The molecule has 0 N–H and O–H groups in total. The molecule has 0 amide bonds. The number of fused-ring (bicyclic) bond motifs is 5. The lowest BCUT2D eigenvalue weighted by molar-refractivity contribution is -0.150. The zero-order chi connectivity index (χ0) is 30.9. The minimum absolute atomic E-state index is 0.0400. The Bertz CT molecular complexity index is 1150. The van der Waals surface area contributed by atoms with Crippen LogP contribution in [0.1, 0.15) is 111 Å². The van der Waals surface area contributed by atoms with Crippen molar-refractivity contribution >= 4 is 5.97 Å². The zero-order valence-electron chi connectivity index (χ0n) is 28.3. The number of hydrogen-bond donors (Lipinski definition) is 0. The number of benzene rings is 1. The molecule has 1 aromatic carbocycles. The van der Waals surface area contributed by atoms with Gasteiger partial charge in [0.05, 0.1) is 27.8 Å². The molecule has 3 saturated carbocycles. The fraction of sp³-hybridized carbons (Fsp3) is 0.763. The van der Waals surface area contributed by atoms with Crippen LogP contribution in [0.25, 0.3) is 0 Å². The lowest BCUT2D eigenvalue weighted by Crippen LogP contribution is -2.51. The molecule has 240 valence electrons. The first-order chi connectivity index (χ1) is 20.5. The molecule has 0 spiro atoms. The normalized spacial score (nSPS) is 34.0. The van der Waals surface area contributed by atoms with Gasteiger partial charge in [0.2, 0.25) is 5.75 Å². The van der Waals surface area contributed by atoms with E-state index in [1.54, 1.807) is 26.9 Å². The van der Waals surface area contributed by atoms with Gasteiger partial charge in [0.25, 0.3) is 0 Å². The molecule has 0 radical (unpaired) electrons. The third-order valence-electron chi connectivity index (χ3n) is 12.6. The van der Waals surface area contributed by atoms with Crippen LogP contribution in [0, 0.1) is 46.3 Å². The standard InChI is InChI=1S/C38H58O5/c1-24(2)10-9-11-25(3)30-14-15-31-29-13-12-27-23-28(16-18-37(27,4)32(29)17-19-38(30,31)5)43-35(39)22-26-20-33(40-6)36(42-8)34(21-26)41-7/h12,20-21,24-25,28-32H,9-11,13-19,22-23H2,1-8H3/t25-,28+,29+,30-,31+,32+,37+,38-/m1/s1. The van der Waals surface area contributed by atoms with Gasteiger partial charge in [0.15, 0.2) is 11.5 Å². The molecule has 4 aliphatic rings. The number of rotatable bonds is 11. The van der Waals surface area contributed by atoms with E-state index in [1.165, 1.54) is 51.4 Å². The second kappa shape index (κ2) is 13.1. The molecule has 0 bridgehead atoms. The molecular weight excluding hydrogens is 536 g/mol. The van der Waals surface area contributed by atoms with Crippen molar-refractivity contribution in [1.82, 2.24) is 0 Å². The van der Waals surface area contributed by atoms with Gasteiger partial charge in [0.1, 0.15) is 6.10 Å². The van der Waals surface area contributed by atoms with Crippen molar-refractivity contribution in [1.29, 1.82) is 0 Å². The van der Waals surface area contributed by atoms with E-state index in [0.29, 0.717) is 22.7 Å². The maximum Gasteiger partial charge on any atom is 0.310 e. The summed E-state index contributed by atoms with van der Waals surface area (Å²) >= 11 is 0. The fourth-order valence-corrected chi connectivity index (χ4v) is 10.4. The van der Waals surface area contributed by atoms with Crippen LogP contribution in [0.2, 0.25) is 0 Å². The minimum Gasteiger partial charge on any atom is -0.493 e. The van der Waals surface area contributed by atoms with Crippen molar-refractivity contribution in [3.8, 4) is 17.2 Å². The molecule has 4 aliphatic carbocycles. The van der Waals surface area contributed by atoms with Crippen molar-refractivity contribution < 1.29 is 23.7 Å². The Morgan fingerprint density at radius 3 is 2.28 bits per heavy atom. The Labute approximate surface area is 261 Å². The van der Waals surface area contributed by atoms with E-state index in [9.17, 15) is 4.79 Å². The smallest absolute Gasteiger partial charge is 0.310 e. The highest BCUT2D eigenvalue weighted by Crippen LogP contribution is 2.67. The maximum atomic E-state index is 13.1. The number of hydrogen-bond acceptors (Lipinski definition) is 5. The molecular formula is C38H58O5. The number of allylic oxidation sites excluding steroid dienone is 1. The van der Waals surface area contributed by atoms with Crippen LogP contribution in [-0.4, -0.2) is 33.4 Å². The molecule has 3 fully saturated rings. The average molecular weight is 595 g/mol. The Kier molecular flexibility index (Phi) is 9.78. The molecule has 0 unspecified atom stereocenters. The summed E-state index contributed by atoms with van der Waals surface area (Å²) in [5.74, 6) is 6.47. The van der Waals surface area contributed by atoms with E-state index in [2.05, 4.69) is 40.7 Å².